The van der Waals surface area contributed by atoms with Crippen molar-refractivity contribution in [2.24, 2.45) is 0 Å². The smallest absolute Gasteiger partial charge is 0.257 e. The Balaban J connectivity index is 1.93. The largest absolute Gasteiger partial charge is 0.491 e. The molecule has 2 aromatic rings. The molecule has 2 amide bonds. The first-order chi connectivity index (χ1) is 14.4. The molecule has 0 aliphatic carbocycles. The van der Waals surface area contributed by atoms with E-state index in [0.29, 0.717) is 42.4 Å². The Labute approximate surface area is 182 Å². The molecule has 2 rings (SSSR count). The third-order valence-corrected chi connectivity index (χ3v) is 4.03. The number of anilines is 1. The van der Waals surface area contributed by atoms with Gasteiger partial charge in [-0.15, -0.1) is 0 Å². The number of nitrogens with one attached hydrogen (secondary N) is 3. The summed E-state index contributed by atoms with van der Waals surface area (Å²) in [5, 5.41) is 8.52. The van der Waals surface area contributed by atoms with Crippen LogP contribution in [0.4, 0.5) is 5.69 Å². The van der Waals surface area contributed by atoms with Crippen LogP contribution in [0, 0.1) is 0 Å². The third-order valence-electron chi connectivity index (χ3n) is 3.83. The number of ether oxygens (including phenoxy) is 2. The molecule has 8 heteroatoms. The van der Waals surface area contributed by atoms with E-state index in [2.05, 4.69) is 16.0 Å². The number of carbonyl (C=O) groups is 2. The normalized spacial score (nSPS) is 10.4. The zero-order chi connectivity index (χ0) is 21.9. The van der Waals surface area contributed by atoms with Crippen molar-refractivity contribution in [1.82, 2.24) is 10.6 Å². The summed E-state index contributed by atoms with van der Waals surface area (Å²) in [5.41, 5.74) is 1.52. The van der Waals surface area contributed by atoms with E-state index < -0.39 is 0 Å². The zero-order valence-corrected chi connectivity index (χ0v) is 18.2. The average Bonchev–Trinajstić information content (AvgIpc) is 2.71. The summed E-state index contributed by atoms with van der Waals surface area (Å²) in [4.78, 5) is 24.6. The van der Waals surface area contributed by atoms with E-state index in [1.807, 2.05) is 20.8 Å². The predicted molar refractivity (Wildman–Crippen MR) is 121 cm³/mol. The summed E-state index contributed by atoms with van der Waals surface area (Å²) in [5.74, 6) is 0.0336. The number of thiocarbonyl (C=S) groups is 1. The van der Waals surface area contributed by atoms with Crippen molar-refractivity contribution in [3.8, 4) is 5.75 Å². The maximum absolute atomic E-state index is 12.5. The molecule has 0 radical (unpaired) electrons. The highest BCUT2D eigenvalue weighted by Crippen LogP contribution is 2.14. The molecule has 0 aromatic heterocycles. The van der Waals surface area contributed by atoms with Crippen molar-refractivity contribution >= 4 is 34.8 Å². The molecular weight excluding hydrogens is 402 g/mol. The van der Waals surface area contributed by atoms with Gasteiger partial charge in [-0.05, 0) is 69.4 Å². The molecule has 7 nitrogen and oxygen atoms in total. The lowest BCUT2D eigenvalue weighted by molar-refractivity contribution is 0.0941. The van der Waals surface area contributed by atoms with Crippen LogP contribution in [0.25, 0.3) is 0 Å². The fourth-order valence-electron chi connectivity index (χ4n) is 2.51. The van der Waals surface area contributed by atoms with Crippen LogP contribution in [-0.4, -0.2) is 42.8 Å². The Bertz CT molecular complexity index is 886. The first kappa shape index (κ1) is 23.3. The van der Waals surface area contributed by atoms with Crippen molar-refractivity contribution in [3.05, 3.63) is 59.7 Å². The van der Waals surface area contributed by atoms with Crippen LogP contribution in [0.1, 0.15) is 41.5 Å². The van der Waals surface area contributed by atoms with Gasteiger partial charge in [0, 0.05) is 29.5 Å². The Kier molecular flexibility index (Phi) is 9.24. The first-order valence-electron chi connectivity index (χ1n) is 9.73. The van der Waals surface area contributed by atoms with Crippen LogP contribution in [-0.2, 0) is 4.74 Å². The van der Waals surface area contributed by atoms with Gasteiger partial charge in [-0.3, -0.25) is 14.9 Å². The molecule has 0 bridgehead atoms. The number of benzene rings is 2. The van der Waals surface area contributed by atoms with Gasteiger partial charge in [-0.1, -0.05) is 12.1 Å². The van der Waals surface area contributed by atoms with Gasteiger partial charge < -0.3 is 20.1 Å². The second-order valence-corrected chi connectivity index (χ2v) is 7.10. The van der Waals surface area contributed by atoms with Gasteiger partial charge in [0.05, 0.1) is 6.61 Å². The van der Waals surface area contributed by atoms with E-state index in [0.717, 1.165) is 0 Å². The van der Waals surface area contributed by atoms with E-state index in [1.165, 1.54) is 0 Å². The molecule has 0 aliphatic heterocycles. The highest BCUT2D eigenvalue weighted by Gasteiger charge is 2.11. The van der Waals surface area contributed by atoms with Gasteiger partial charge in [-0.2, -0.15) is 0 Å². The van der Waals surface area contributed by atoms with Gasteiger partial charge in [0.25, 0.3) is 11.8 Å². The fraction of sp³-hybridized carbons (Fsp3) is 0.318. The van der Waals surface area contributed by atoms with Crippen molar-refractivity contribution in [1.29, 1.82) is 0 Å². The lowest BCUT2D eigenvalue weighted by Crippen LogP contribution is -2.34. The van der Waals surface area contributed by atoms with E-state index in [1.54, 1.807) is 48.5 Å². The van der Waals surface area contributed by atoms with Crippen molar-refractivity contribution < 1.29 is 19.1 Å². The number of hydrogen-bond donors (Lipinski definition) is 3. The SMILES string of the molecule is CCOCCOc1cccc(C(=O)NC(=S)Nc2cccc(C(=O)NC(C)C)c2)c1. The van der Waals surface area contributed by atoms with Gasteiger partial charge >= 0.3 is 0 Å². The lowest BCUT2D eigenvalue weighted by Gasteiger charge is -2.12. The second kappa shape index (κ2) is 11.9. The Morgan fingerprint density at radius 2 is 1.70 bits per heavy atom. The maximum Gasteiger partial charge on any atom is 0.257 e. The van der Waals surface area contributed by atoms with Crippen LogP contribution < -0.4 is 20.7 Å². The van der Waals surface area contributed by atoms with Gasteiger partial charge in [0.15, 0.2) is 5.11 Å². The van der Waals surface area contributed by atoms with Crippen molar-refractivity contribution in [2.45, 2.75) is 26.8 Å². The molecule has 0 saturated heterocycles. The predicted octanol–water partition coefficient (Wildman–Crippen LogP) is 3.37. The van der Waals surface area contributed by atoms with Gasteiger partial charge in [0.2, 0.25) is 0 Å². The summed E-state index contributed by atoms with van der Waals surface area (Å²) in [6.07, 6.45) is 0. The summed E-state index contributed by atoms with van der Waals surface area (Å²) in [6.45, 7) is 7.21. The maximum atomic E-state index is 12.5. The van der Waals surface area contributed by atoms with Crippen LogP contribution >= 0.6 is 12.2 Å². The molecule has 0 spiro atoms. The quantitative estimate of drug-likeness (QED) is 0.418. The number of amides is 2. The summed E-state index contributed by atoms with van der Waals surface area (Å²) < 4.78 is 10.8. The summed E-state index contributed by atoms with van der Waals surface area (Å²) in [7, 11) is 0. The summed E-state index contributed by atoms with van der Waals surface area (Å²) in [6, 6.07) is 13.7. The van der Waals surface area contributed by atoms with Crippen LogP contribution in [0.15, 0.2) is 48.5 Å². The second-order valence-electron chi connectivity index (χ2n) is 6.69. The molecule has 3 N–H and O–H groups in total. The average molecular weight is 430 g/mol. The molecular formula is C22H27N3O4S. The minimum Gasteiger partial charge on any atom is -0.491 e. The standard InChI is InChI=1S/C22H27N3O4S/c1-4-28-11-12-29-19-10-6-8-17(14-19)21(27)25-22(30)24-18-9-5-7-16(13-18)20(26)23-15(2)3/h5-10,13-15H,4,11-12H2,1-3H3,(H,23,26)(H2,24,25,27,30). The van der Waals surface area contributed by atoms with E-state index in [9.17, 15) is 9.59 Å². The van der Waals surface area contributed by atoms with Gasteiger partial charge in [0.1, 0.15) is 12.4 Å². The van der Waals surface area contributed by atoms with Crippen LogP contribution in [0.5, 0.6) is 5.75 Å². The minimum atomic E-state index is -0.364. The minimum absolute atomic E-state index is 0.0355. The molecule has 0 fully saturated rings. The zero-order valence-electron chi connectivity index (χ0n) is 17.4. The van der Waals surface area contributed by atoms with Gasteiger partial charge in [-0.25, -0.2) is 0 Å². The molecule has 0 heterocycles. The van der Waals surface area contributed by atoms with E-state index in [4.69, 9.17) is 21.7 Å². The Hall–Kier alpha value is -2.97. The first-order valence-corrected chi connectivity index (χ1v) is 10.1. The Morgan fingerprint density at radius 3 is 2.40 bits per heavy atom. The lowest BCUT2D eigenvalue weighted by atomic mass is 10.2. The Morgan fingerprint density at radius 1 is 1.00 bits per heavy atom. The number of hydrogen-bond acceptors (Lipinski definition) is 5. The molecule has 0 aliphatic rings. The van der Waals surface area contributed by atoms with E-state index >= 15 is 0 Å². The van der Waals surface area contributed by atoms with Crippen LogP contribution in [0.2, 0.25) is 0 Å². The number of carbonyl (C=O) groups excluding carboxylic acids is 2. The summed E-state index contributed by atoms with van der Waals surface area (Å²) >= 11 is 5.23. The molecule has 2 aromatic carbocycles. The molecule has 0 saturated carbocycles. The molecule has 30 heavy (non-hydrogen) atoms. The molecule has 160 valence electrons. The third kappa shape index (κ3) is 7.81. The van der Waals surface area contributed by atoms with E-state index in [-0.39, 0.29) is 23.0 Å². The highest BCUT2D eigenvalue weighted by atomic mass is 32.1. The van der Waals surface area contributed by atoms with Crippen LogP contribution in [0.3, 0.4) is 0 Å². The number of rotatable bonds is 9. The monoisotopic (exact) mass is 429 g/mol. The molecule has 0 unspecified atom stereocenters. The fourth-order valence-corrected chi connectivity index (χ4v) is 2.72. The van der Waals surface area contributed by atoms with Crippen molar-refractivity contribution in [3.63, 3.8) is 0 Å². The molecule has 0 atom stereocenters. The highest BCUT2D eigenvalue weighted by molar-refractivity contribution is 7.80. The van der Waals surface area contributed by atoms with Crippen molar-refractivity contribution in [2.75, 3.05) is 25.1 Å². The topological polar surface area (TPSA) is 88.7 Å².